The second-order valence-corrected chi connectivity index (χ2v) is 4.91. The van der Waals surface area contributed by atoms with Gasteiger partial charge in [-0.1, -0.05) is 18.5 Å². The molecule has 0 saturated carbocycles. The monoisotopic (exact) mass is 304 g/mol. The molecule has 0 aliphatic rings. The first kappa shape index (κ1) is 16.3. The lowest BCUT2D eigenvalue weighted by Gasteiger charge is -2.19. The fraction of sp³-hybridized carbons (Fsp3) is 0.385. The second kappa shape index (κ2) is 5.71. The van der Waals surface area contributed by atoms with Crippen molar-refractivity contribution in [1.29, 1.82) is 5.26 Å². The van der Waals surface area contributed by atoms with Crippen LogP contribution in [0.25, 0.3) is 0 Å². The molecule has 7 heteroatoms. The highest BCUT2D eigenvalue weighted by Crippen LogP contribution is 2.33. The number of rotatable bonds is 3. The summed E-state index contributed by atoms with van der Waals surface area (Å²) in [6, 6.07) is 4.58. The van der Waals surface area contributed by atoms with Crippen LogP contribution in [0.4, 0.5) is 18.9 Å². The van der Waals surface area contributed by atoms with E-state index < -0.39 is 23.1 Å². The predicted molar refractivity (Wildman–Crippen MR) is 69.1 cm³/mol. The number of benzene rings is 1. The van der Waals surface area contributed by atoms with Crippen LogP contribution in [0.15, 0.2) is 18.2 Å². The Labute approximate surface area is 119 Å². The molecule has 1 aromatic carbocycles. The lowest BCUT2D eigenvalue weighted by molar-refractivity contribution is -0.137. The Morgan fingerprint density at radius 2 is 2.00 bits per heavy atom. The normalized spacial score (nSPS) is 14.2. The maximum Gasteiger partial charge on any atom is 0.416 e. The summed E-state index contributed by atoms with van der Waals surface area (Å²) < 4.78 is 37.9. The molecule has 1 N–H and O–H groups in total. The maximum atomic E-state index is 12.6. The van der Waals surface area contributed by atoms with E-state index in [0.717, 1.165) is 12.1 Å². The first-order valence-electron chi connectivity index (χ1n) is 5.73. The zero-order valence-electron chi connectivity index (χ0n) is 10.8. The molecular weight excluding hydrogens is 293 g/mol. The third-order valence-corrected chi connectivity index (χ3v) is 3.16. The number of nitrogens with zero attached hydrogens (tertiary/aromatic N) is 1. The van der Waals surface area contributed by atoms with Gasteiger partial charge in [0.1, 0.15) is 5.41 Å². The van der Waals surface area contributed by atoms with E-state index in [1.807, 2.05) is 6.07 Å². The van der Waals surface area contributed by atoms with Crippen molar-refractivity contribution in [2.24, 2.45) is 5.41 Å². The standard InChI is InChI=1S/C13H12ClF3N2O/c1-3-12(2,7-18)11(20)19-10-5-8(13(15,16)17)4-9(14)6-10/h4-6H,3H2,1-2H3,(H,19,20). The van der Waals surface area contributed by atoms with E-state index in [1.165, 1.54) is 13.0 Å². The third kappa shape index (κ3) is 3.64. The number of amides is 1. The summed E-state index contributed by atoms with van der Waals surface area (Å²) in [4.78, 5) is 11.9. The Bertz CT molecular complexity index is 566. The summed E-state index contributed by atoms with van der Waals surface area (Å²) in [6.07, 6.45) is -4.32. The summed E-state index contributed by atoms with van der Waals surface area (Å²) in [5.41, 5.74) is -2.36. The molecule has 1 amide bonds. The molecule has 0 saturated heterocycles. The Balaban J connectivity index is 3.09. The van der Waals surface area contributed by atoms with Crippen molar-refractivity contribution in [3.8, 4) is 6.07 Å². The van der Waals surface area contributed by atoms with Gasteiger partial charge in [-0.25, -0.2) is 0 Å². The fourth-order valence-electron chi connectivity index (χ4n) is 1.38. The van der Waals surface area contributed by atoms with Gasteiger partial charge in [-0.15, -0.1) is 0 Å². The van der Waals surface area contributed by atoms with Crippen molar-refractivity contribution in [3.63, 3.8) is 0 Å². The minimum Gasteiger partial charge on any atom is -0.325 e. The van der Waals surface area contributed by atoms with Gasteiger partial charge >= 0.3 is 6.18 Å². The van der Waals surface area contributed by atoms with Gasteiger partial charge in [-0.05, 0) is 31.5 Å². The van der Waals surface area contributed by atoms with Crippen LogP contribution in [0.2, 0.25) is 5.02 Å². The number of hydrogen-bond acceptors (Lipinski definition) is 2. The molecule has 0 radical (unpaired) electrons. The second-order valence-electron chi connectivity index (χ2n) is 4.48. The largest absolute Gasteiger partial charge is 0.416 e. The van der Waals surface area contributed by atoms with Crippen molar-refractivity contribution >= 4 is 23.2 Å². The van der Waals surface area contributed by atoms with Gasteiger partial charge in [0.25, 0.3) is 0 Å². The van der Waals surface area contributed by atoms with E-state index >= 15 is 0 Å². The highest BCUT2D eigenvalue weighted by Gasteiger charge is 2.33. The van der Waals surface area contributed by atoms with Crippen molar-refractivity contribution in [1.82, 2.24) is 0 Å². The van der Waals surface area contributed by atoms with Crippen LogP contribution >= 0.6 is 11.6 Å². The number of nitriles is 1. The number of anilines is 1. The van der Waals surface area contributed by atoms with Gasteiger partial charge in [0.2, 0.25) is 5.91 Å². The molecule has 0 heterocycles. The number of halogens is 4. The molecule has 0 bridgehead atoms. The van der Waals surface area contributed by atoms with E-state index in [4.69, 9.17) is 16.9 Å². The topological polar surface area (TPSA) is 52.9 Å². The van der Waals surface area contributed by atoms with Gasteiger partial charge in [-0.2, -0.15) is 18.4 Å². The predicted octanol–water partition coefficient (Wildman–Crippen LogP) is 4.24. The molecule has 0 fully saturated rings. The van der Waals surface area contributed by atoms with Crippen LogP contribution in [0.5, 0.6) is 0 Å². The highest BCUT2D eigenvalue weighted by molar-refractivity contribution is 6.31. The van der Waals surface area contributed by atoms with Gasteiger partial charge in [0.15, 0.2) is 0 Å². The van der Waals surface area contributed by atoms with Crippen molar-refractivity contribution in [2.45, 2.75) is 26.4 Å². The Kier molecular flexibility index (Phi) is 4.66. The summed E-state index contributed by atoms with van der Waals surface area (Å²) in [7, 11) is 0. The van der Waals surface area contributed by atoms with Gasteiger partial charge in [-0.3, -0.25) is 4.79 Å². The van der Waals surface area contributed by atoms with Crippen molar-refractivity contribution < 1.29 is 18.0 Å². The molecule has 0 spiro atoms. The summed E-state index contributed by atoms with van der Waals surface area (Å²) in [6.45, 7) is 3.06. The minimum atomic E-state index is -4.56. The summed E-state index contributed by atoms with van der Waals surface area (Å²) >= 11 is 5.61. The van der Waals surface area contributed by atoms with E-state index in [2.05, 4.69) is 5.32 Å². The molecule has 1 aromatic rings. The molecule has 0 aliphatic heterocycles. The van der Waals surface area contributed by atoms with Crippen LogP contribution in [0.1, 0.15) is 25.8 Å². The minimum absolute atomic E-state index is 0.0928. The molecule has 20 heavy (non-hydrogen) atoms. The van der Waals surface area contributed by atoms with Gasteiger partial charge in [0.05, 0.1) is 11.6 Å². The van der Waals surface area contributed by atoms with Crippen LogP contribution in [0, 0.1) is 16.7 Å². The lowest BCUT2D eigenvalue weighted by Crippen LogP contribution is -2.31. The zero-order valence-corrected chi connectivity index (χ0v) is 11.6. The third-order valence-electron chi connectivity index (χ3n) is 2.94. The summed E-state index contributed by atoms with van der Waals surface area (Å²) in [5.74, 6) is -0.669. The molecule has 1 rings (SSSR count). The summed E-state index contributed by atoms with van der Waals surface area (Å²) in [5, 5.41) is 11.1. The van der Waals surface area contributed by atoms with Crippen LogP contribution in [-0.2, 0) is 11.0 Å². The Hall–Kier alpha value is -1.74. The Morgan fingerprint density at radius 1 is 1.40 bits per heavy atom. The lowest BCUT2D eigenvalue weighted by atomic mass is 9.88. The quantitative estimate of drug-likeness (QED) is 0.908. The number of nitrogens with one attached hydrogen (secondary N) is 1. The van der Waals surface area contributed by atoms with E-state index in [1.54, 1.807) is 6.92 Å². The van der Waals surface area contributed by atoms with Gasteiger partial charge in [0, 0.05) is 10.7 Å². The number of carbonyl (C=O) groups is 1. The van der Waals surface area contributed by atoms with Gasteiger partial charge < -0.3 is 5.32 Å². The van der Waals surface area contributed by atoms with Crippen LogP contribution in [-0.4, -0.2) is 5.91 Å². The molecule has 1 unspecified atom stereocenters. The maximum absolute atomic E-state index is 12.6. The SMILES string of the molecule is CCC(C)(C#N)C(=O)Nc1cc(Cl)cc(C(F)(F)F)c1. The molecule has 108 valence electrons. The van der Waals surface area contributed by atoms with Crippen LogP contribution in [0.3, 0.4) is 0 Å². The van der Waals surface area contributed by atoms with Crippen LogP contribution < -0.4 is 5.32 Å². The molecular formula is C13H12ClF3N2O. The number of hydrogen-bond donors (Lipinski definition) is 1. The van der Waals surface area contributed by atoms with Crippen molar-refractivity contribution in [3.05, 3.63) is 28.8 Å². The Morgan fingerprint density at radius 3 is 2.45 bits per heavy atom. The average molecular weight is 305 g/mol. The van der Waals surface area contributed by atoms with E-state index in [9.17, 15) is 18.0 Å². The molecule has 3 nitrogen and oxygen atoms in total. The number of carbonyl (C=O) groups excluding carboxylic acids is 1. The fourth-order valence-corrected chi connectivity index (χ4v) is 1.62. The molecule has 0 aliphatic carbocycles. The average Bonchev–Trinajstić information content (AvgIpc) is 2.36. The first-order valence-corrected chi connectivity index (χ1v) is 6.10. The highest BCUT2D eigenvalue weighted by atomic mass is 35.5. The smallest absolute Gasteiger partial charge is 0.325 e. The molecule has 1 atom stereocenters. The number of alkyl halides is 3. The van der Waals surface area contributed by atoms with E-state index in [0.29, 0.717) is 0 Å². The zero-order chi connectivity index (χ0) is 15.6. The van der Waals surface area contributed by atoms with E-state index in [-0.39, 0.29) is 17.1 Å². The van der Waals surface area contributed by atoms with Crippen molar-refractivity contribution in [2.75, 3.05) is 5.32 Å². The first-order chi connectivity index (χ1) is 9.12. The molecule has 0 aromatic heterocycles.